The van der Waals surface area contributed by atoms with Crippen LogP contribution in [0.25, 0.3) is 0 Å². The molecule has 0 aromatic carbocycles. The number of rotatable bonds is 2. The van der Waals surface area contributed by atoms with E-state index in [1.54, 1.807) is 13.8 Å². The lowest BCUT2D eigenvalue weighted by molar-refractivity contribution is -1.07. The van der Waals surface area contributed by atoms with Gasteiger partial charge in [-0.25, -0.2) is 5.23 Å². The van der Waals surface area contributed by atoms with Crippen molar-refractivity contribution in [2.45, 2.75) is 19.9 Å². The van der Waals surface area contributed by atoms with Crippen LogP contribution in [0.5, 0.6) is 0 Å². The molecule has 44 valence electrons. The fraction of sp³-hybridized carbons (Fsp3) is 1.00. The average molecular weight is 106 g/mol. The molecule has 0 aliphatic carbocycles. The maximum absolute atomic E-state index is 10.2. The number of nitrogens with two attached hydrogens (primary N) is 1. The Kier molecular flexibility index (Phi) is 2.86. The molecule has 0 aromatic rings. The summed E-state index contributed by atoms with van der Waals surface area (Å²) in [5, 5.41) is 9.79. The molecule has 7 heavy (non-hydrogen) atoms. The summed E-state index contributed by atoms with van der Waals surface area (Å²) in [6.07, 6.45) is 0. The molecule has 0 radical (unpaired) electrons. The van der Waals surface area contributed by atoms with Gasteiger partial charge in [-0.1, -0.05) is 0 Å². The van der Waals surface area contributed by atoms with E-state index in [9.17, 15) is 5.21 Å². The Morgan fingerprint density at radius 2 is 2.14 bits per heavy atom. The summed E-state index contributed by atoms with van der Waals surface area (Å²) >= 11 is 0. The molecule has 0 rings (SSSR count). The lowest BCUT2D eigenvalue weighted by atomic mass is 10.4. The lowest BCUT2D eigenvalue weighted by Gasteiger charge is -2.19. The highest BCUT2D eigenvalue weighted by Crippen LogP contribution is 1.62. The van der Waals surface area contributed by atoms with Gasteiger partial charge >= 0.3 is 0 Å². The van der Waals surface area contributed by atoms with Crippen LogP contribution in [0.3, 0.4) is 0 Å². The van der Waals surface area contributed by atoms with Crippen molar-refractivity contribution in [1.29, 1.82) is 0 Å². The van der Waals surface area contributed by atoms with Crippen molar-refractivity contribution < 1.29 is 10.2 Å². The van der Waals surface area contributed by atoms with E-state index in [0.29, 0.717) is 0 Å². The molecule has 4 heteroatoms. The smallest absolute Gasteiger partial charge is 0.113 e. The van der Waals surface area contributed by atoms with E-state index in [4.69, 9.17) is 0 Å². The van der Waals surface area contributed by atoms with Gasteiger partial charge in [0.25, 0.3) is 0 Å². The molecule has 0 spiro atoms. The van der Waals surface area contributed by atoms with E-state index in [1.165, 1.54) is 0 Å². The number of hydrogen-bond donors (Lipinski definition) is 2. The molecule has 0 aliphatic heterocycles. The van der Waals surface area contributed by atoms with Crippen molar-refractivity contribution in [3.8, 4) is 0 Å². The molecule has 0 fully saturated rings. The Bertz CT molecular complexity index is 48.2. The van der Waals surface area contributed by atoms with Crippen molar-refractivity contribution in [2.75, 3.05) is 0 Å². The maximum Gasteiger partial charge on any atom is 0.113 e. The quantitative estimate of drug-likeness (QED) is 0.425. The Labute approximate surface area is 42.3 Å². The largest absolute Gasteiger partial charge is 0.598 e. The fourth-order valence-corrected chi connectivity index (χ4v) is 0.136. The summed E-state index contributed by atoms with van der Waals surface area (Å²) in [5.74, 6) is 4.52. The SMILES string of the molecule is CC(C)[NH+]([O-])ON. The van der Waals surface area contributed by atoms with Gasteiger partial charge in [-0.2, -0.15) is 5.90 Å². The molecular formula is C3H10N2O2. The van der Waals surface area contributed by atoms with Gasteiger partial charge in [-0.05, 0) is 13.8 Å². The van der Waals surface area contributed by atoms with Crippen molar-refractivity contribution in [2.24, 2.45) is 5.90 Å². The molecule has 3 N–H and O–H groups in total. The number of hydroxylamine groups is 2. The third kappa shape index (κ3) is 2.52. The topological polar surface area (TPSA) is 62.8 Å². The highest BCUT2D eigenvalue weighted by molar-refractivity contribution is 4.25. The first-order chi connectivity index (χ1) is 3.18. The Morgan fingerprint density at radius 3 is 2.14 bits per heavy atom. The zero-order valence-corrected chi connectivity index (χ0v) is 4.47. The highest BCUT2D eigenvalue weighted by atomic mass is 16.9. The van der Waals surface area contributed by atoms with Crippen molar-refractivity contribution in [1.82, 2.24) is 0 Å². The van der Waals surface area contributed by atoms with E-state index in [2.05, 4.69) is 10.8 Å². The normalized spacial score (nSPS) is 15.0. The second kappa shape index (κ2) is 2.92. The molecular weight excluding hydrogens is 96.0 g/mol. The van der Waals surface area contributed by atoms with Gasteiger partial charge in [-0.15, -0.1) is 4.94 Å². The predicted molar refractivity (Wildman–Crippen MR) is 24.7 cm³/mol. The summed E-state index contributed by atoms with van der Waals surface area (Å²) in [7, 11) is 0. The second-order valence-corrected chi connectivity index (χ2v) is 1.59. The maximum atomic E-state index is 10.2. The van der Waals surface area contributed by atoms with E-state index < -0.39 is 0 Å². The standard InChI is InChI=1S/C3H10N2O2/c1-3(2)5(6)7-4/h3,5H,4H2,1-2H3. The van der Waals surface area contributed by atoms with Crippen molar-refractivity contribution >= 4 is 0 Å². The molecule has 0 saturated carbocycles. The number of quaternary nitrogens is 1. The monoisotopic (exact) mass is 106 g/mol. The van der Waals surface area contributed by atoms with Crippen LogP contribution in [0.1, 0.15) is 13.8 Å². The van der Waals surface area contributed by atoms with Crippen molar-refractivity contribution in [3.05, 3.63) is 5.21 Å². The molecule has 0 amide bonds. The van der Waals surface area contributed by atoms with E-state index in [-0.39, 0.29) is 11.3 Å². The van der Waals surface area contributed by atoms with E-state index in [0.717, 1.165) is 0 Å². The van der Waals surface area contributed by atoms with Crippen LogP contribution < -0.4 is 11.1 Å². The molecule has 0 saturated heterocycles. The van der Waals surface area contributed by atoms with E-state index >= 15 is 0 Å². The van der Waals surface area contributed by atoms with Crippen LogP contribution in [-0.2, 0) is 4.94 Å². The van der Waals surface area contributed by atoms with Crippen LogP contribution in [0.2, 0.25) is 0 Å². The third-order valence-electron chi connectivity index (χ3n) is 0.588. The molecule has 4 nitrogen and oxygen atoms in total. The summed E-state index contributed by atoms with van der Waals surface area (Å²) in [5.41, 5.74) is 0. The molecule has 0 aromatic heterocycles. The van der Waals surface area contributed by atoms with Crippen LogP contribution in [-0.4, -0.2) is 6.04 Å². The van der Waals surface area contributed by atoms with Gasteiger partial charge < -0.3 is 5.21 Å². The number of nitrogens with one attached hydrogen (secondary N) is 1. The molecule has 1 atom stereocenters. The van der Waals surface area contributed by atoms with E-state index in [1.807, 2.05) is 0 Å². The third-order valence-corrected chi connectivity index (χ3v) is 0.588. The predicted octanol–water partition coefficient (Wildman–Crippen LogP) is -1.42. The van der Waals surface area contributed by atoms with Crippen LogP contribution in [0.15, 0.2) is 0 Å². The Hall–Kier alpha value is -0.160. The van der Waals surface area contributed by atoms with Gasteiger partial charge in [0, 0.05) is 0 Å². The van der Waals surface area contributed by atoms with Gasteiger partial charge in [-0.3, -0.25) is 0 Å². The van der Waals surface area contributed by atoms with Crippen LogP contribution in [0, 0.1) is 5.21 Å². The first-order valence-corrected chi connectivity index (χ1v) is 2.09. The van der Waals surface area contributed by atoms with Gasteiger partial charge in [0.15, 0.2) is 0 Å². The summed E-state index contributed by atoms with van der Waals surface area (Å²) in [4.78, 5) is 3.87. The first kappa shape index (κ1) is 6.84. The Morgan fingerprint density at radius 1 is 1.71 bits per heavy atom. The Balaban J connectivity index is 3.14. The first-order valence-electron chi connectivity index (χ1n) is 2.09. The number of hydrogen-bond acceptors (Lipinski definition) is 3. The average Bonchev–Trinajstić information content (AvgIpc) is 1.65. The molecule has 0 aliphatic rings. The van der Waals surface area contributed by atoms with Gasteiger partial charge in [0.05, 0.1) is 0 Å². The summed E-state index contributed by atoms with van der Waals surface area (Å²) in [6, 6.07) is -0.120. The van der Waals surface area contributed by atoms with Crippen LogP contribution >= 0.6 is 0 Å². The molecule has 0 heterocycles. The van der Waals surface area contributed by atoms with Gasteiger partial charge in [0.2, 0.25) is 0 Å². The van der Waals surface area contributed by atoms with Crippen LogP contribution in [0.4, 0.5) is 0 Å². The zero-order chi connectivity index (χ0) is 5.86. The minimum Gasteiger partial charge on any atom is -0.598 e. The second-order valence-electron chi connectivity index (χ2n) is 1.59. The highest BCUT2D eigenvalue weighted by Gasteiger charge is 1.98. The summed E-state index contributed by atoms with van der Waals surface area (Å²) < 4.78 is 0. The molecule has 1 unspecified atom stereocenters. The molecule has 0 bridgehead atoms. The van der Waals surface area contributed by atoms with Crippen molar-refractivity contribution in [3.63, 3.8) is 0 Å². The zero-order valence-electron chi connectivity index (χ0n) is 4.47. The van der Waals surface area contributed by atoms with Gasteiger partial charge in [0.1, 0.15) is 6.04 Å². The lowest BCUT2D eigenvalue weighted by Crippen LogP contribution is -3.10. The minimum absolute atomic E-state index is 0.120. The minimum atomic E-state index is -0.375. The summed E-state index contributed by atoms with van der Waals surface area (Å²) in [6.45, 7) is 3.43. The fourth-order valence-electron chi connectivity index (χ4n) is 0.136.